The van der Waals surface area contributed by atoms with Crippen molar-refractivity contribution in [2.75, 3.05) is 6.54 Å². The number of amides is 1. The minimum atomic E-state index is -4.40. The third-order valence-electron chi connectivity index (χ3n) is 4.41. The number of imidazole rings is 1. The number of carbonyl (C=O) groups is 1. The molecule has 2 rings (SSSR count). The maximum atomic E-state index is 12.2. The normalized spacial score (nSPS) is 17.8. The molecule has 0 saturated heterocycles. The molecule has 1 fully saturated rings. The first-order valence-corrected chi connectivity index (χ1v) is 9.13. The number of carbonyl (C=O) groups excluding carboxylic acids is 1. The van der Waals surface area contributed by atoms with E-state index >= 15 is 0 Å². The van der Waals surface area contributed by atoms with Gasteiger partial charge in [-0.15, -0.1) is 0 Å². The molecule has 0 bridgehead atoms. The van der Waals surface area contributed by atoms with Gasteiger partial charge in [-0.1, -0.05) is 31.0 Å². The first-order chi connectivity index (χ1) is 11.2. The van der Waals surface area contributed by atoms with Crippen LogP contribution in [0.4, 0.5) is 13.2 Å². The lowest BCUT2D eigenvalue weighted by molar-refractivity contribution is -0.137. The summed E-state index contributed by atoms with van der Waals surface area (Å²) in [6, 6.07) is 0.368. The number of halogens is 3. The van der Waals surface area contributed by atoms with Crippen molar-refractivity contribution in [3.63, 3.8) is 0 Å². The van der Waals surface area contributed by atoms with Crippen LogP contribution >= 0.6 is 11.8 Å². The van der Waals surface area contributed by atoms with Crippen LogP contribution in [0.15, 0.2) is 5.16 Å². The number of nitrogens with zero attached hydrogens (tertiary/aromatic N) is 2. The van der Waals surface area contributed by atoms with E-state index in [-0.39, 0.29) is 0 Å². The van der Waals surface area contributed by atoms with E-state index in [0.29, 0.717) is 6.04 Å². The van der Waals surface area contributed by atoms with E-state index in [9.17, 15) is 18.0 Å². The van der Waals surface area contributed by atoms with E-state index in [1.54, 1.807) is 6.92 Å². The maximum Gasteiger partial charge on any atom is 0.405 e. The van der Waals surface area contributed by atoms with Crippen LogP contribution in [0.3, 0.4) is 0 Å². The number of thioether (sulfide) groups is 1. The van der Waals surface area contributed by atoms with Crippen LogP contribution in [0.1, 0.15) is 56.5 Å². The number of aromatic nitrogens is 2. The summed E-state index contributed by atoms with van der Waals surface area (Å²) in [4.78, 5) is 16.4. The van der Waals surface area contributed by atoms with Crippen molar-refractivity contribution in [3.8, 4) is 0 Å². The zero-order valence-electron chi connectivity index (χ0n) is 14.2. The molecule has 1 saturated carbocycles. The topological polar surface area (TPSA) is 46.9 Å². The summed E-state index contributed by atoms with van der Waals surface area (Å²) in [6.45, 7) is 4.25. The maximum absolute atomic E-state index is 12.2. The molecular weight excluding hydrogens is 339 g/mol. The molecule has 24 heavy (non-hydrogen) atoms. The highest BCUT2D eigenvalue weighted by Gasteiger charge is 2.30. The van der Waals surface area contributed by atoms with Crippen LogP contribution in [-0.2, 0) is 4.79 Å². The third-order valence-corrected chi connectivity index (χ3v) is 5.48. The predicted octanol–water partition coefficient (Wildman–Crippen LogP) is 4.16. The number of aryl methyl sites for hydroxylation is 1. The van der Waals surface area contributed by atoms with E-state index in [0.717, 1.165) is 29.4 Å². The van der Waals surface area contributed by atoms with Gasteiger partial charge in [0.1, 0.15) is 6.54 Å². The summed E-state index contributed by atoms with van der Waals surface area (Å²) in [5, 5.41) is 2.04. The van der Waals surface area contributed by atoms with Crippen LogP contribution in [0, 0.1) is 13.8 Å². The molecule has 0 aromatic carbocycles. The Bertz CT molecular complexity index is 580. The molecule has 1 N–H and O–H groups in total. The van der Waals surface area contributed by atoms with Crippen LogP contribution in [0.5, 0.6) is 0 Å². The number of hydrogen-bond donors (Lipinski definition) is 1. The van der Waals surface area contributed by atoms with Crippen molar-refractivity contribution in [2.45, 2.75) is 75.5 Å². The molecule has 1 aromatic heterocycles. The quantitative estimate of drug-likeness (QED) is 0.799. The zero-order valence-corrected chi connectivity index (χ0v) is 15.1. The van der Waals surface area contributed by atoms with E-state index in [1.165, 1.54) is 31.0 Å². The Labute approximate surface area is 144 Å². The molecular formula is C16H24F3N3OS. The lowest BCUT2D eigenvalue weighted by Gasteiger charge is -2.26. The molecule has 1 atom stereocenters. The first-order valence-electron chi connectivity index (χ1n) is 8.25. The number of rotatable bonds is 5. The Morgan fingerprint density at radius 3 is 2.54 bits per heavy atom. The molecule has 4 nitrogen and oxygen atoms in total. The SMILES string of the molecule is Cc1nc(SC(C)C(=O)NCC(F)(F)F)n(C2CCCCC2)c1C. The molecule has 136 valence electrons. The molecule has 0 spiro atoms. The van der Waals surface area contributed by atoms with Crippen molar-refractivity contribution < 1.29 is 18.0 Å². The van der Waals surface area contributed by atoms with E-state index in [1.807, 2.05) is 19.2 Å². The second-order valence-corrected chi connectivity index (χ2v) is 7.63. The predicted molar refractivity (Wildman–Crippen MR) is 88.2 cm³/mol. The van der Waals surface area contributed by atoms with Gasteiger partial charge in [-0.05, 0) is 33.6 Å². The van der Waals surface area contributed by atoms with Crippen molar-refractivity contribution in [2.24, 2.45) is 0 Å². The Kier molecular flexibility index (Phi) is 6.22. The van der Waals surface area contributed by atoms with E-state index < -0.39 is 23.9 Å². The fraction of sp³-hybridized carbons (Fsp3) is 0.750. The van der Waals surface area contributed by atoms with Crippen molar-refractivity contribution in [1.82, 2.24) is 14.9 Å². The summed E-state index contributed by atoms with van der Waals surface area (Å²) in [5.41, 5.74) is 1.98. The van der Waals surface area contributed by atoms with E-state index in [4.69, 9.17) is 0 Å². The summed E-state index contributed by atoms with van der Waals surface area (Å²) in [5.74, 6) is -0.620. The average Bonchev–Trinajstić information content (AvgIpc) is 2.79. The van der Waals surface area contributed by atoms with Crippen LogP contribution < -0.4 is 5.32 Å². The molecule has 1 heterocycles. The van der Waals surface area contributed by atoms with Gasteiger partial charge in [-0.25, -0.2) is 4.98 Å². The van der Waals surface area contributed by atoms with Crippen LogP contribution in [-0.4, -0.2) is 33.4 Å². The van der Waals surface area contributed by atoms with Gasteiger partial charge >= 0.3 is 6.18 Å². The molecule has 1 amide bonds. The molecule has 1 unspecified atom stereocenters. The lowest BCUT2D eigenvalue weighted by atomic mass is 9.95. The lowest BCUT2D eigenvalue weighted by Crippen LogP contribution is -2.38. The summed E-state index contributed by atoms with van der Waals surface area (Å²) >= 11 is 1.23. The van der Waals surface area contributed by atoms with Crippen molar-refractivity contribution in [1.29, 1.82) is 0 Å². The smallest absolute Gasteiger partial charge is 0.346 e. The fourth-order valence-electron chi connectivity index (χ4n) is 2.99. The highest BCUT2D eigenvalue weighted by molar-refractivity contribution is 8.00. The molecule has 0 aliphatic heterocycles. The number of nitrogens with one attached hydrogen (secondary N) is 1. The van der Waals surface area contributed by atoms with Crippen LogP contribution in [0.25, 0.3) is 0 Å². The monoisotopic (exact) mass is 363 g/mol. The van der Waals surface area contributed by atoms with Gasteiger partial charge in [0.15, 0.2) is 5.16 Å². The average molecular weight is 363 g/mol. The molecule has 8 heteroatoms. The van der Waals surface area contributed by atoms with Gasteiger partial charge in [0.2, 0.25) is 5.91 Å². The second-order valence-electron chi connectivity index (χ2n) is 6.32. The largest absolute Gasteiger partial charge is 0.405 e. The Morgan fingerprint density at radius 1 is 1.33 bits per heavy atom. The Balaban J connectivity index is 2.08. The molecule has 0 radical (unpaired) electrons. The molecule has 1 aliphatic rings. The minimum absolute atomic E-state index is 0.368. The highest BCUT2D eigenvalue weighted by atomic mass is 32.2. The van der Waals surface area contributed by atoms with Gasteiger partial charge < -0.3 is 9.88 Å². The van der Waals surface area contributed by atoms with Gasteiger partial charge in [-0.3, -0.25) is 4.79 Å². The van der Waals surface area contributed by atoms with E-state index in [2.05, 4.69) is 9.55 Å². The van der Waals surface area contributed by atoms with Crippen molar-refractivity contribution in [3.05, 3.63) is 11.4 Å². The standard InChI is InChI=1S/C16H24F3N3OS/c1-10-11(2)22(13-7-5-4-6-8-13)15(21-10)24-12(3)14(23)20-9-16(17,18)19/h12-13H,4-9H2,1-3H3,(H,20,23). The van der Waals surface area contributed by atoms with Gasteiger partial charge in [0.25, 0.3) is 0 Å². The molecule has 1 aromatic rings. The molecule has 1 aliphatic carbocycles. The number of alkyl halides is 3. The first kappa shape index (κ1) is 19.1. The fourth-order valence-corrected chi connectivity index (χ4v) is 4.09. The summed E-state index contributed by atoms with van der Waals surface area (Å²) < 4.78 is 38.9. The number of hydrogen-bond acceptors (Lipinski definition) is 3. The second kappa shape index (κ2) is 7.80. The zero-order chi connectivity index (χ0) is 17.9. The summed E-state index contributed by atoms with van der Waals surface area (Å²) in [7, 11) is 0. The van der Waals surface area contributed by atoms with Crippen molar-refractivity contribution >= 4 is 17.7 Å². The summed E-state index contributed by atoms with van der Waals surface area (Å²) in [6.07, 6.45) is 1.35. The van der Waals surface area contributed by atoms with Crippen LogP contribution in [0.2, 0.25) is 0 Å². The third kappa shape index (κ3) is 4.91. The van der Waals surface area contributed by atoms with Gasteiger partial charge in [0.05, 0.1) is 10.9 Å². The van der Waals surface area contributed by atoms with Gasteiger partial charge in [0, 0.05) is 11.7 Å². The van der Waals surface area contributed by atoms with Gasteiger partial charge in [-0.2, -0.15) is 13.2 Å². The minimum Gasteiger partial charge on any atom is -0.346 e. The Morgan fingerprint density at radius 2 is 1.96 bits per heavy atom. The Hall–Kier alpha value is -1.18. The highest BCUT2D eigenvalue weighted by Crippen LogP contribution is 2.35.